The average molecular weight is 537 g/mol. The maximum atomic E-state index is 13.4. The van der Waals surface area contributed by atoms with Crippen molar-refractivity contribution < 1.29 is 32.3 Å². The fourth-order valence-electron chi connectivity index (χ4n) is 3.30. The lowest BCUT2D eigenvalue weighted by atomic mass is 10.1. The van der Waals surface area contributed by atoms with E-state index in [9.17, 15) is 27.6 Å². The number of hydrogen-bond acceptors (Lipinski definition) is 6. The number of nitrogens with zero attached hydrogens (tertiary/aromatic N) is 3. The molecule has 36 heavy (non-hydrogen) atoms. The Morgan fingerprint density at radius 2 is 1.81 bits per heavy atom. The third kappa shape index (κ3) is 5.32. The minimum absolute atomic E-state index is 0.142. The number of alkyl halides is 3. The molecule has 0 aliphatic carbocycles. The van der Waals surface area contributed by atoms with E-state index < -0.39 is 35.1 Å². The van der Waals surface area contributed by atoms with E-state index in [1.807, 2.05) is 0 Å². The summed E-state index contributed by atoms with van der Waals surface area (Å²) in [5, 5.41) is 11.5. The SMILES string of the molecule is C=C1C(=O)N(c2ccc(C#N)c(C(F)(F)F)c2)C(=S)N1c1ccc(Cl)c(NC(=O)CCC(=O)OC)c1. The maximum Gasteiger partial charge on any atom is 0.417 e. The second kappa shape index (κ2) is 10.3. The molecular weight excluding hydrogens is 521 g/mol. The Kier molecular flexibility index (Phi) is 7.66. The quantitative estimate of drug-likeness (QED) is 0.322. The van der Waals surface area contributed by atoms with Gasteiger partial charge in [-0.2, -0.15) is 18.4 Å². The van der Waals surface area contributed by atoms with Crippen molar-refractivity contribution >= 4 is 63.8 Å². The first kappa shape index (κ1) is 26.7. The Bertz CT molecular complexity index is 1340. The van der Waals surface area contributed by atoms with Crippen LogP contribution in [0.15, 0.2) is 48.7 Å². The number of anilines is 3. The summed E-state index contributed by atoms with van der Waals surface area (Å²) in [6.45, 7) is 3.70. The number of thiocarbonyl (C=S) groups is 1. The molecule has 1 saturated heterocycles. The highest BCUT2D eigenvalue weighted by atomic mass is 35.5. The fraction of sp³-hybridized carbons (Fsp3) is 0.174. The first-order chi connectivity index (χ1) is 16.9. The van der Waals surface area contributed by atoms with E-state index in [4.69, 9.17) is 29.1 Å². The Morgan fingerprint density at radius 1 is 1.17 bits per heavy atom. The fourth-order valence-corrected chi connectivity index (χ4v) is 3.87. The largest absolute Gasteiger partial charge is 0.469 e. The third-order valence-corrected chi connectivity index (χ3v) is 5.75. The lowest BCUT2D eigenvalue weighted by molar-refractivity contribution is -0.141. The Morgan fingerprint density at radius 3 is 2.42 bits per heavy atom. The lowest BCUT2D eigenvalue weighted by Gasteiger charge is -2.22. The molecular formula is C23H16ClF3N4O4S. The summed E-state index contributed by atoms with van der Waals surface area (Å²) in [7, 11) is 1.19. The molecule has 3 rings (SSSR count). The van der Waals surface area contributed by atoms with Gasteiger partial charge in [-0.25, -0.2) is 0 Å². The predicted octanol–water partition coefficient (Wildman–Crippen LogP) is 4.77. The molecule has 0 radical (unpaired) electrons. The molecule has 2 aromatic rings. The van der Waals surface area contributed by atoms with Crippen molar-refractivity contribution in [2.45, 2.75) is 19.0 Å². The zero-order valence-corrected chi connectivity index (χ0v) is 20.1. The zero-order valence-electron chi connectivity index (χ0n) is 18.5. The van der Waals surface area contributed by atoms with Gasteiger partial charge in [-0.05, 0) is 48.6 Å². The third-order valence-electron chi connectivity index (χ3n) is 5.06. The lowest BCUT2D eigenvalue weighted by Crippen LogP contribution is -2.33. The molecule has 1 aliphatic rings. The maximum absolute atomic E-state index is 13.4. The molecule has 1 N–H and O–H groups in total. The van der Waals surface area contributed by atoms with Gasteiger partial charge in [-0.1, -0.05) is 18.2 Å². The van der Waals surface area contributed by atoms with Crippen molar-refractivity contribution in [3.63, 3.8) is 0 Å². The van der Waals surface area contributed by atoms with E-state index in [0.717, 1.165) is 11.0 Å². The van der Waals surface area contributed by atoms with E-state index in [2.05, 4.69) is 16.6 Å². The number of nitriles is 1. The average Bonchev–Trinajstić information content (AvgIpc) is 3.05. The number of carbonyl (C=O) groups is 3. The van der Waals surface area contributed by atoms with Crippen molar-refractivity contribution in [2.24, 2.45) is 0 Å². The minimum Gasteiger partial charge on any atom is -0.469 e. The Hall–Kier alpha value is -3.95. The number of esters is 1. The molecule has 8 nitrogen and oxygen atoms in total. The molecule has 0 unspecified atom stereocenters. The van der Waals surface area contributed by atoms with Crippen LogP contribution in [0.3, 0.4) is 0 Å². The molecule has 2 amide bonds. The van der Waals surface area contributed by atoms with Crippen LogP contribution in [0, 0.1) is 11.3 Å². The number of amides is 2. The summed E-state index contributed by atoms with van der Waals surface area (Å²) in [6.07, 6.45) is -5.16. The first-order valence-corrected chi connectivity index (χ1v) is 10.8. The van der Waals surface area contributed by atoms with Gasteiger partial charge in [0.25, 0.3) is 5.91 Å². The number of hydrogen-bond donors (Lipinski definition) is 1. The standard InChI is InChI=1S/C23H16ClF3N4O4S/c1-12-21(34)31(14-4-3-13(11-28)16(9-14)23(25,26)27)22(36)30(12)15-5-6-17(24)18(10-15)29-19(32)7-8-20(33)35-2/h3-6,9-10H,1,7-8H2,2H3,(H,29,32). The summed E-state index contributed by atoms with van der Waals surface area (Å²) < 4.78 is 44.8. The monoisotopic (exact) mass is 536 g/mol. The number of carbonyl (C=O) groups excluding carboxylic acids is 3. The Balaban J connectivity index is 1.92. The van der Waals surface area contributed by atoms with Crippen LogP contribution in [0.4, 0.5) is 30.2 Å². The van der Waals surface area contributed by atoms with Crippen LogP contribution in [-0.2, 0) is 25.3 Å². The van der Waals surface area contributed by atoms with Crippen molar-refractivity contribution in [2.75, 3.05) is 22.2 Å². The number of methoxy groups -OCH3 is 1. The highest BCUT2D eigenvalue weighted by Gasteiger charge is 2.41. The van der Waals surface area contributed by atoms with Crippen molar-refractivity contribution in [3.05, 3.63) is 64.8 Å². The molecule has 0 bridgehead atoms. The molecule has 0 saturated carbocycles. The van der Waals surface area contributed by atoms with Gasteiger partial charge in [0.15, 0.2) is 5.11 Å². The van der Waals surface area contributed by atoms with E-state index in [1.54, 1.807) is 0 Å². The molecule has 186 valence electrons. The molecule has 1 fully saturated rings. The van der Waals surface area contributed by atoms with Crippen LogP contribution in [0.25, 0.3) is 0 Å². The van der Waals surface area contributed by atoms with E-state index in [0.29, 0.717) is 6.07 Å². The highest BCUT2D eigenvalue weighted by molar-refractivity contribution is 7.81. The topological polar surface area (TPSA) is 103 Å². The van der Waals surface area contributed by atoms with Gasteiger partial charge >= 0.3 is 12.1 Å². The van der Waals surface area contributed by atoms with Crippen LogP contribution in [0.5, 0.6) is 0 Å². The number of rotatable bonds is 6. The smallest absolute Gasteiger partial charge is 0.417 e. The van der Waals surface area contributed by atoms with Crippen molar-refractivity contribution in [1.29, 1.82) is 5.26 Å². The molecule has 2 aromatic carbocycles. The number of nitrogens with one attached hydrogen (secondary N) is 1. The molecule has 1 aliphatic heterocycles. The van der Waals surface area contributed by atoms with Crippen LogP contribution in [0.2, 0.25) is 5.02 Å². The zero-order chi connectivity index (χ0) is 26.8. The summed E-state index contributed by atoms with van der Waals surface area (Å²) in [5.74, 6) is -1.88. The van der Waals surface area contributed by atoms with Gasteiger partial charge in [-0.3, -0.25) is 24.2 Å². The van der Waals surface area contributed by atoms with Crippen molar-refractivity contribution in [3.8, 4) is 6.07 Å². The van der Waals surface area contributed by atoms with Crippen LogP contribution in [-0.4, -0.2) is 30.0 Å². The molecule has 0 spiro atoms. The van der Waals surface area contributed by atoms with Gasteiger partial charge in [0, 0.05) is 6.42 Å². The summed E-state index contributed by atoms with van der Waals surface area (Å²) in [4.78, 5) is 38.4. The van der Waals surface area contributed by atoms with Crippen LogP contribution >= 0.6 is 23.8 Å². The first-order valence-electron chi connectivity index (χ1n) is 10.0. The molecule has 0 atom stereocenters. The van der Waals surface area contributed by atoms with E-state index in [-0.39, 0.29) is 45.7 Å². The second-order valence-corrected chi connectivity index (χ2v) is 8.11. The van der Waals surface area contributed by atoms with E-state index >= 15 is 0 Å². The number of halogens is 4. The van der Waals surface area contributed by atoms with Gasteiger partial charge < -0.3 is 10.1 Å². The Labute approximate surface area is 213 Å². The minimum atomic E-state index is -4.83. The van der Waals surface area contributed by atoms with Crippen LogP contribution in [0.1, 0.15) is 24.0 Å². The van der Waals surface area contributed by atoms with Gasteiger partial charge in [0.05, 0.1) is 52.8 Å². The summed E-state index contributed by atoms with van der Waals surface area (Å²) in [6, 6.07) is 8.54. The van der Waals surface area contributed by atoms with Crippen LogP contribution < -0.4 is 15.1 Å². The van der Waals surface area contributed by atoms with Gasteiger partial charge in [0.2, 0.25) is 5.91 Å². The molecule has 1 heterocycles. The number of benzene rings is 2. The predicted molar refractivity (Wildman–Crippen MR) is 129 cm³/mol. The van der Waals surface area contributed by atoms with Gasteiger partial charge in [-0.15, -0.1) is 0 Å². The van der Waals surface area contributed by atoms with E-state index in [1.165, 1.54) is 42.3 Å². The normalized spacial score (nSPS) is 13.6. The second-order valence-electron chi connectivity index (χ2n) is 7.33. The summed E-state index contributed by atoms with van der Waals surface area (Å²) in [5.41, 5.74) is -1.80. The summed E-state index contributed by atoms with van der Waals surface area (Å²) >= 11 is 11.5. The van der Waals surface area contributed by atoms with Gasteiger partial charge in [0.1, 0.15) is 5.70 Å². The van der Waals surface area contributed by atoms with Crippen molar-refractivity contribution in [1.82, 2.24) is 0 Å². The number of ether oxygens (including phenoxy) is 1. The molecule has 0 aromatic heterocycles. The molecule has 13 heteroatoms. The highest BCUT2D eigenvalue weighted by Crippen LogP contribution is 2.38.